The number of H-pyrrole nitrogens is 3. The van der Waals surface area contributed by atoms with Crippen LogP contribution in [0.5, 0.6) is 0 Å². The number of likely N-dealkylation sites (N-methyl/N-ethyl adjacent to an activating group) is 3. The van der Waals surface area contributed by atoms with Crippen LogP contribution >= 0.6 is 23.2 Å². The van der Waals surface area contributed by atoms with Gasteiger partial charge in [0.15, 0.2) is 0 Å². The normalized spacial score (nSPS) is 23.8. The molecule has 16 heterocycles. The Morgan fingerprint density at radius 1 is 0.355 bits per heavy atom. The minimum absolute atomic E-state index is 0.120. The predicted molar refractivity (Wildman–Crippen MR) is 486 cm³/mol. The SMILES string of the molecule is Cc1c(Cl)ccnc1[C@@H]1CCC[C@H](c2nc3c(N4CCN(C)CC4)cccc3[nH]2)N1.Cc1cc(F)cnc1[C@@H]1CCC[C@H](c2nc3c(N4CCN(C)CC4)cccc3[nH]2)N1.Cc1cccnc1[C@@H]1CCC[C@H](c2nc3c(N4CCN(C)CC4)cccc3n2C)N1.Clc1cccnc1[C@@H]1CCC[C@H](c2nc3c(N4CCN(C5CC5)CC4)cccc3[nH]2)N1. The lowest BCUT2D eigenvalue weighted by atomic mass is 9.94. The Labute approximate surface area is 720 Å². The summed E-state index contributed by atoms with van der Waals surface area (Å²) in [6.07, 6.45) is 22.7. The Bertz CT molecular complexity index is 5530. The van der Waals surface area contributed by atoms with Crippen LogP contribution in [0.2, 0.25) is 10.0 Å². The number of imidazole rings is 4. The van der Waals surface area contributed by atoms with Crippen molar-refractivity contribution >= 4 is 90.1 Å². The topological polar surface area (TPSA) is 229 Å². The largest absolute Gasteiger partial charge is 0.367 e. The van der Waals surface area contributed by atoms with Crippen LogP contribution in [0, 0.1) is 26.6 Å². The van der Waals surface area contributed by atoms with Gasteiger partial charge in [-0.2, -0.15) is 0 Å². The van der Waals surface area contributed by atoms with Gasteiger partial charge < -0.3 is 53.8 Å². The summed E-state index contributed by atoms with van der Waals surface area (Å²) >= 11 is 12.8. The third-order valence-corrected chi connectivity index (χ3v) is 27.7. The van der Waals surface area contributed by atoms with Crippen molar-refractivity contribution < 1.29 is 4.39 Å². The number of para-hydroxylation sites is 4. The molecule has 0 radical (unpaired) electrons. The summed E-state index contributed by atoms with van der Waals surface area (Å²) in [6, 6.07) is 39.8. The van der Waals surface area contributed by atoms with E-state index in [-0.39, 0.29) is 48.1 Å². The van der Waals surface area contributed by atoms with Gasteiger partial charge in [0, 0.05) is 141 Å². The zero-order chi connectivity index (χ0) is 82.8. The maximum atomic E-state index is 13.5. The summed E-state index contributed by atoms with van der Waals surface area (Å²) in [5.74, 6) is 3.89. The summed E-state index contributed by atoms with van der Waals surface area (Å²) in [7, 11) is 8.72. The first-order chi connectivity index (χ1) is 59.1. The van der Waals surface area contributed by atoms with Crippen molar-refractivity contribution in [2.75, 3.05) is 145 Å². The van der Waals surface area contributed by atoms with Gasteiger partial charge in [0.1, 0.15) is 51.2 Å². The third kappa shape index (κ3) is 18.4. The first kappa shape index (κ1) is 82.7. The zero-order valence-corrected chi connectivity index (χ0v) is 72.9. The molecule has 636 valence electrons. The molecule has 1 aliphatic carbocycles. The van der Waals surface area contributed by atoms with Gasteiger partial charge in [-0.15, -0.1) is 0 Å². The van der Waals surface area contributed by atoms with Gasteiger partial charge in [-0.25, -0.2) is 24.3 Å². The molecule has 8 aromatic heterocycles. The van der Waals surface area contributed by atoms with E-state index in [1.54, 1.807) is 12.3 Å². The highest BCUT2D eigenvalue weighted by Crippen LogP contribution is 2.42. The summed E-state index contributed by atoms with van der Waals surface area (Å²) in [6.45, 7) is 23.4. The molecule has 0 amide bonds. The number of piperidine rings is 4. The van der Waals surface area contributed by atoms with Crippen LogP contribution in [0.25, 0.3) is 44.1 Å². The molecule has 8 aliphatic heterocycles. The second-order valence-corrected chi connectivity index (χ2v) is 36.0. The number of fused-ring (bicyclic) bond motifs is 4. The van der Waals surface area contributed by atoms with E-state index in [9.17, 15) is 4.39 Å². The zero-order valence-electron chi connectivity index (χ0n) is 71.3. The Balaban J connectivity index is 0.000000110. The number of rotatable bonds is 13. The van der Waals surface area contributed by atoms with Gasteiger partial charge in [-0.05, 0) is 227 Å². The van der Waals surface area contributed by atoms with E-state index in [1.807, 2.05) is 43.6 Å². The van der Waals surface area contributed by atoms with Gasteiger partial charge in [0.05, 0.1) is 127 Å². The van der Waals surface area contributed by atoms with Crippen molar-refractivity contribution in [2.45, 2.75) is 165 Å². The first-order valence-corrected chi connectivity index (χ1v) is 45.3. The molecule has 7 N–H and O–H groups in total. The highest BCUT2D eigenvalue weighted by molar-refractivity contribution is 6.31. The number of nitrogens with zero attached hydrogens (tertiary/aromatic N) is 17. The van der Waals surface area contributed by atoms with Crippen molar-refractivity contribution in [3.8, 4) is 0 Å². The number of hydrogen-bond donors (Lipinski definition) is 7. The molecular formula is C94H119Cl2FN24. The molecule has 1 saturated carbocycles. The predicted octanol–water partition coefficient (Wildman–Crippen LogP) is 16.0. The van der Waals surface area contributed by atoms with Crippen LogP contribution in [-0.2, 0) is 7.05 Å². The number of hydrogen-bond acceptors (Lipinski definition) is 20. The molecule has 24 nitrogen and oxygen atoms in total. The van der Waals surface area contributed by atoms with Crippen LogP contribution in [0.4, 0.5) is 27.1 Å². The maximum Gasteiger partial charge on any atom is 0.141 e. The molecule has 21 rings (SSSR count). The Morgan fingerprint density at radius 2 is 0.752 bits per heavy atom. The Hall–Kier alpha value is -9.25. The number of anilines is 4. The van der Waals surface area contributed by atoms with E-state index in [0.717, 1.165) is 282 Å². The monoisotopic (exact) mass is 1670 g/mol. The molecule has 8 atom stereocenters. The summed E-state index contributed by atoms with van der Waals surface area (Å²) in [5, 5.41) is 16.6. The molecule has 4 aromatic carbocycles. The van der Waals surface area contributed by atoms with Crippen molar-refractivity contribution in [3.63, 3.8) is 0 Å². The van der Waals surface area contributed by atoms with E-state index in [2.05, 4.69) is 221 Å². The maximum absolute atomic E-state index is 13.5. The standard InChI is InChI=1S/C24H29ClN6.C24H32N6.C23H29ClN6.C23H29FN6/c25-17-4-3-11-26-22(17)18-5-1-7-20(27-18)24-28-19-6-2-8-21(23(19)29-24)31-14-12-30(13-15-31)16-9-10-16;1-17-7-6-12-25-22(17)18-8-4-9-19(26-18)24-27-23-20(29(24)3)10-5-11-21(23)30-15-13-28(2)14-16-30;1-15-16(24)9-10-25-21(15)17-5-3-7-19(26-17)23-27-18-6-4-8-20(22(18)28-23)30-13-11-29(2)12-14-30;1-15-13-16(24)14-25-21(15)17-5-3-7-19(26-17)23-27-18-6-4-8-20(22(18)28-23)30-11-9-29(2)10-12-30/h2-4,6,8,11,16,18,20,27H,1,5,7,9-10,12-15H2,(H,28,29);5-7,10-12,18-19,26H,4,8-9,13-16H2,1-3H3;4,6,8-10,17,19,26H,3,5,7,11-14H2,1-2H3,(H,27,28);4,6,8,13-14,17,19,26H,3,5,7,9-12H2,1-2H3,(H,27,28)/t18-,20+;18-,19+;2*17-,19+/m0000/s1. The average Bonchev–Trinajstić information content (AvgIpc) is 1.63. The second-order valence-electron chi connectivity index (χ2n) is 35.2. The van der Waals surface area contributed by atoms with Crippen LogP contribution in [0.1, 0.15) is 201 Å². The van der Waals surface area contributed by atoms with E-state index >= 15 is 0 Å². The lowest BCUT2D eigenvalue weighted by Crippen LogP contribution is -2.47. The van der Waals surface area contributed by atoms with Crippen molar-refractivity contribution in [2.24, 2.45) is 7.05 Å². The van der Waals surface area contributed by atoms with Gasteiger partial charge >= 0.3 is 0 Å². The van der Waals surface area contributed by atoms with E-state index < -0.39 is 0 Å². The number of piperazine rings is 4. The average molecular weight is 1680 g/mol. The summed E-state index contributed by atoms with van der Waals surface area (Å²) in [5.41, 5.74) is 21.2. The van der Waals surface area contributed by atoms with Crippen molar-refractivity contribution in [1.29, 1.82) is 0 Å². The highest BCUT2D eigenvalue weighted by Gasteiger charge is 2.36. The smallest absolute Gasteiger partial charge is 0.141 e. The lowest BCUT2D eigenvalue weighted by molar-refractivity contribution is 0.248. The highest BCUT2D eigenvalue weighted by atomic mass is 35.5. The fourth-order valence-corrected chi connectivity index (χ4v) is 20.2. The number of aromatic nitrogens is 12. The van der Waals surface area contributed by atoms with Gasteiger partial charge in [-0.1, -0.05) is 53.5 Å². The Kier molecular flexibility index (Phi) is 25.3. The van der Waals surface area contributed by atoms with Crippen molar-refractivity contribution in [1.82, 2.24) is 100 Å². The van der Waals surface area contributed by atoms with Gasteiger partial charge in [-0.3, -0.25) is 46.1 Å². The van der Waals surface area contributed by atoms with Gasteiger partial charge in [0.2, 0.25) is 0 Å². The summed E-state index contributed by atoms with van der Waals surface area (Å²) in [4.78, 5) is 69.1. The first-order valence-electron chi connectivity index (χ1n) is 44.6. The molecule has 0 unspecified atom stereocenters. The third-order valence-electron chi connectivity index (χ3n) is 27.0. The number of halogens is 3. The fraction of sp³-hybridized carbons (Fsp3) is 0.489. The Morgan fingerprint density at radius 3 is 1.21 bits per heavy atom. The molecule has 0 bridgehead atoms. The minimum atomic E-state index is -0.280. The molecule has 9 aliphatic rings. The molecule has 8 saturated heterocycles. The summed E-state index contributed by atoms with van der Waals surface area (Å²) < 4.78 is 15.8. The number of pyridine rings is 4. The molecule has 9 fully saturated rings. The van der Waals surface area contributed by atoms with Crippen molar-refractivity contribution in [3.05, 3.63) is 213 Å². The van der Waals surface area contributed by atoms with E-state index in [1.165, 1.54) is 65.0 Å². The lowest BCUT2D eigenvalue weighted by Gasteiger charge is -2.36. The van der Waals surface area contributed by atoms with Gasteiger partial charge in [0.25, 0.3) is 0 Å². The molecular weight excluding hydrogens is 1560 g/mol. The molecule has 0 spiro atoms. The molecule has 12 aromatic rings. The number of nitrogens with one attached hydrogen (secondary N) is 7. The fourth-order valence-electron chi connectivity index (χ4n) is 19.8. The molecule has 121 heavy (non-hydrogen) atoms. The minimum Gasteiger partial charge on any atom is -0.367 e. The second kappa shape index (κ2) is 37.1. The molecule has 27 heteroatoms. The van der Waals surface area contributed by atoms with E-state index in [4.69, 9.17) is 43.1 Å². The van der Waals surface area contributed by atoms with E-state index in [0.29, 0.717) is 6.04 Å². The van der Waals surface area contributed by atoms with Crippen LogP contribution in [-0.4, -0.2) is 211 Å². The van der Waals surface area contributed by atoms with Crippen LogP contribution < -0.4 is 40.9 Å². The quantitative estimate of drug-likeness (QED) is 0.0569. The number of benzene rings is 4. The number of aryl methyl sites for hydroxylation is 3. The van der Waals surface area contributed by atoms with Crippen LogP contribution in [0.3, 0.4) is 0 Å². The number of aromatic amines is 3. The van der Waals surface area contributed by atoms with Crippen LogP contribution in [0.15, 0.2) is 134 Å².